The number of rotatable bonds is 2. The first-order chi connectivity index (χ1) is 9.15. The average molecular weight is 341 g/mol. The highest BCUT2D eigenvalue weighted by Gasteiger charge is 2.20. The van der Waals surface area contributed by atoms with E-state index < -0.39 is 0 Å². The molecule has 2 aromatic rings. The van der Waals surface area contributed by atoms with Crippen LogP contribution in [0.3, 0.4) is 0 Å². The van der Waals surface area contributed by atoms with Crippen LogP contribution in [0.15, 0.2) is 39.6 Å². The number of halogens is 2. The number of hydrogen-bond acceptors (Lipinski definition) is 2. The predicted molar refractivity (Wildman–Crippen MR) is 77.5 cm³/mol. The van der Waals surface area contributed by atoms with E-state index in [2.05, 4.69) is 21.2 Å². The molecule has 3 rings (SSSR count). The van der Waals surface area contributed by atoms with E-state index in [4.69, 9.17) is 16.0 Å². The topological polar surface area (TPSA) is 42.2 Å². The minimum Gasteiger partial charge on any atom is -0.457 e. The number of benzene rings is 1. The number of carbonyl (C=O) groups is 1. The van der Waals surface area contributed by atoms with Crippen LogP contribution < -0.4 is 5.32 Å². The summed E-state index contributed by atoms with van der Waals surface area (Å²) in [6, 6.07) is 7.74. The number of anilines is 1. The molecule has 2 heterocycles. The van der Waals surface area contributed by atoms with Crippen molar-refractivity contribution in [1.29, 1.82) is 0 Å². The zero-order chi connectivity index (χ0) is 13.4. The normalized spacial score (nSPS) is 15.8. The largest absolute Gasteiger partial charge is 0.457 e. The number of fused-ring (bicyclic) bond motifs is 1. The van der Waals surface area contributed by atoms with Gasteiger partial charge in [0.1, 0.15) is 0 Å². The molecule has 1 amide bonds. The van der Waals surface area contributed by atoms with Gasteiger partial charge in [-0.2, -0.15) is 0 Å². The maximum absolute atomic E-state index is 11.3. The van der Waals surface area contributed by atoms with Crippen molar-refractivity contribution >= 4 is 39.1 Å². The summed E-state index contributed by atoms with van der Waals surface area (Å²) in [5.74, 6) is 0.0697. The standard InChI is InChI=1S/C14H11BrClNO2/c15-14-10(5-6-19-14)13(16)9-1-3-11-8(7-9)2-4-12(18)17-11/h1,3,5-7,13H,2,4H2,(H,17,18). The molecule has 0 radical (unpaired) electrons. The number of furan rings is 1. The number of carbonyl (C=O) groups excluding carboxylic acids is 1. The number of alkyl halides is 1. The van der Waals surface area contributed by atoms with Crippen molar-refractivity contribution in [3.8, 4) is 0 Å². The molecule has 3 nitrogen and oxygen atoms in total. The summed E-state index contributed by atoms with van der Waals surface area (Å²) in [5.41, 5.74) is 3.91. The summed E-state index contributed by atoms with van der Waals surface area (Å²) >= 11 is 9.81. The van der Waals surface area contributed by atoms with Crippen LogP contribution in [0.2, 0.25) is 0 Å². The molecule has 0 saturated carbocycles. The van der Waals surface area contributed by atoms with Gasteiger partial charge in [0.25, 0.3) is 0 Å². The second-order valence-electron chi connectivity index (χ2n) is 4.48. The summed E-state index contributed by atoms with van der Waals surface area (Å²) in [6.45, 7) is 0. The summed E-state index contributed by atoms with van der Waals surface area (Å²) in [4.78, 5) is 11.3. The fraction of sp³-hybridized carbons (Fsp3) is 0.214. The van der Waals surface area contributed by atoms with Crippen molar-refractivity contribution in [1.82, 2.24) is 0 Å². The fourth-order valence-corrected chi connectivity index (χ4v) is 3.13. The Morgan fingerprint density at radius 2 is 2.16 bits per heavy atom. The monoisotopic (exact) mass is 339 g/mol. The maximum atomic E-state index is 11.3. The molecule has 5 heteroatoms. The average Bonchev–Trinajstić information content (AvgIpc) is 2.83. The van der Waals surface area contributed by atoms with Crippen LogP contribution in [0.4, 0.5) is 5.69 Å². The molecule has 0 saturated heterocycles. The third-order valence-electron chi connectivity index (χ3n) is 3.24. The second-order valence-corrected chi connectivity index (χ2v) is 5.63. The van der Waals surface area contributed by atoms with Gasteiger partial charge in [-0.15, -0.1) is 11.6 Å². The van der Waals surface area contributed by atoms with E-state index in [-0.39, 0.29) is 11.3 Å². The van der Waals surface area contributed by atoms with Crippen LogP contribution in [0.1, 0.15) is 28.5 Å². The van der Waals surface area contributed by atoms with Crippen LogP contribution in [-0.4, -0.2) is 5.91 Å². The van der Waals surface area contributed by atoms with Crippen molar-refractivity contribution in [3.05, 3.63) is 51.9 Å². The Kier molecular flexibility index (Phi) is 3.37. The minimum absolute atomic E-state index is 0.0697. The lowest BCUT2D eigenvalue weighted by molar-refractivity contribution is -0.116. The van der Waals surface area contributed by atoms with E-state index >= 15 is 0 Å². The molecule has 1 atom stereocenters. The molecule has 0 bridgehead atoms. The van der Waals surface area contributed by atoms with Crippen LogP contribution in [0.25, 0.3) is 0 Å². The van der Waals surface area contributed by atoms with E-state index in [1.54, 1.807) is 6.26 Å². The van der Waals surface area contributed by atoms with Gasteiger partial charge >= 0.3 is 0 Å². The van der Waals surface area contributed by atoms with E-state index in [1.165, 1.54) is 0 Å². The second kappa shape index (κ2) is 5.02. The van der Waals surface area contributed by atoms with Gasteiger partial charge in [0.2, 0.25) is 5.91 Å². The minimum atomic E-state index is -0.268. The van der Waals surface area contributed by atoms with Gasteiger partial charge in [-0.3, -0.25) is 4.79 Å². The van der Waals surface area contributed by atoms with Crippen molar-refractivity contribution in [2.24, 2.45) is 0 Å². The predicted octanol–water partition coefficient (Wildman–Crippen LogP) is 4.26. The quantitative estimate of drug-likeness (QED) is 0.830. The lowest BCUT2D eigenvalue weighted by atomic mass is 9.98. The highest BCUT2D eigenvalue weighted by atomic mass is 79.9. The van der Waals surface area contributed by atoms with Gasteiger partial charge in [-0.25, -0.2) is 0 Å². The third kappa shape index (κ3) is 2.42. The molecule has 1 aromatic heterocycles. The fourth-order valence-electron chi connectivity index (χ4n) is 2.23. The summed E-state index contributed by atoms with van der Waals surface area (Å²) in [7, 11) is 0. The van der Waals surface area contributed by atoms with Crippen molar-refractivity contribution < 1.29 is 9.21 Å². The van der Waals surface area contributed by atoms with E-state index in [0.29, 0.717) is 11.1 Å². The molecule has 1 aliphatic rings. The van der Waals surface area contributed by atoms with Crippen molar-refractivity contribution in [2.45, 2.75) is 18.2 Å². The number of aryl methyl sites for hydroxylation is 1. The zero-order valence-electron chi connectivity index (χ0n) is 9.95. The molecular weight excluding hydrogens is 330 g/mol. The van der Waals surface area contributed by atoms with Crippen molar-refractivity contribution in [2.75, 3.05) is 5.32 Å². The molecular formula is C14H11BrClNO2. The Balaban J connectivity index is 1.94. The van der Waals surface area contributed by atoms with Crippen LogP contribution in [-0.2, 0) is 11.2 Å². The number of hydrogen-bond donors (Lipinski definition) is 1. The van der Waals surface area contributed by atoms with Crippen LogP contribution in [0.5, 0.6) is 0 Å². The van der Waals surface area contributed by atoms with Gasteiger partial charge in [-0.05, 0) is 45.6 Å². The smallest absolute Gasteiger partial charge is 0.224 e. The summed E-state index contributed by atoms with van der Waals surface area (Å²) < 4.78 is 5.86. The Morgan fingerprint density at radius 3 is 2.89 bits per heavy atom. The van der Waals surface area contributed by atoms with E-state index in [0.717, 1.165) is 28.8 Å². The Labute approximate surface area is 124 Å². The highest BCUT2D eigenvalue weighted by molar-refractivity contribution is 9.10. The molecule has 98 valence electrons. The van der Waals surface area contributed by atoms with Gasteiger partial charge in [-0.1, -0.05) is 12.1 Å². The van der Waals surface area contributed by atoms with Gasteiger partial charge in [0.15, 0.2) is 4.67 Å². The van der Waals surface area contributed by atoms with E-state index in [9.17, 15) is 4.79 Å². The molecule has 0 spiro atoms. The molecule has 0 aliphatic carbocycles. The molecule has 1 unspecified atom stereocenters. The molecule has 1 N–H and O–H groups in total. The van der Waals surface area contributed by atoms with Gasteiger partial charge in [0.05, 0.1) is 11.6 Å². The van der Waals surface area contributed by atoms with Crippen LogP contribution in [0, 0.1) is 0 Å². The third-order valence-corrected chi connectivity index (χ3v) is 4.37. The number of nitrogens with one attached hydrogen (secondary N) is 1. The Bertz CT molecular complexity index is 638. The molecule has 1 aromatic carbocycles. The SMILES string of the molecule is O=C1CCc2cc(C(Cl)c3ccoc3Br)ccc2N1. The zero-order valence-corrected chi connectivity index (χ0v) is 12.3. The number of amides is 1. The lowest BCUT2D eigenvalue weighted by Crippen LogP contribution is -2.19. The van der Waals surface area contributed by atoms with Gasteiger partial charge in [0, 0.05) is 17.7 Å². The van der Waals surface area contributed by atoms with Crippen LogP contribution >= 0.6 is 27.5 Å². The van der Waals surface area contributed by atoms with Crippen molar-refractivity contribution in [3.63, 3.8) is 0 Å². The first kappa shape index (κ1) is 12.8. The maximum Gasteiger partial charge on any atom is 0.224 e. The Morgan fingerprint density at radius 1 is 1.32 bits per heavy atom. The summed E-state index contributed by atoms with van der Waals surface area (Å²) in [6.07, 6.45) is 2.89. The summed E-state index contributed by atoms with van der Waals surface area (Å²) in [5, 5.41) is 2.59. The lowest BCUT2D eigenvalue weighted by Gasteiger charge is -2.19. The molecule has 19 heavy (non-hydrogen) atoms. The molecule has 1 aliphatic heterocycles. The first-order valence-corrected chi connectivity index (χ1v) is 7.18. The highest BCUT2D eigenvalue weighted by Crippen LogP contribution is 2.36. The first-order valence-electron chi connectivity index (χ1n) is 5.95. The molecule has 0 fully saturated rings. The van der Waals surface area contributed by atoms with E-state index in [1.807, 2.05) is 24.3 Å². The van der Waals surface area contributed by atoms with Gasteiger partial charge < -0.3 is 9.73 Å². The Hall–Kier alpha value is -1.26.